The van der Waals surface area contributed by atoms with E-state index in [9.17, 15) is 14.4 Å². The van der Waals surface area contributed by atoms with Crippen LogP contribution < -0.4 is 20.5 Å². The minimum atomic E-state index is -0.822. The molecule has 0 spiro atoms. The summed E-state index contributed by atoms with van der Waals surface area (Å²) >= 11 is 0.907. The number of primary amides is 1. The molecule has 0 aliphatic heterocycles. The first-order valence-electron chi connectivity index (χ1n) is 8.00. The standard InChI is InChI=1S/C19H20N2O5S/c1-11(17(20)22)21-18(23)13-6-4-5-7-16(13)27-19(24)12-8-9-14(25-2)15(10-12)26-3/h4-11H,1-3H3,(H2,20,22)(H,21,23)/t11-/m1/s1. The molecule has 2 rings (SSSR count). The Bertz CT molecular complexity index is 869. The Kier molecular flexibility index (Phi) is 6.84. The van der Waals surface area contributed by atoms with E-state index in [4.69, 9.17) is 15.2 Å². The number of nitrogens with two attached hydrogens (primary N) is 1. The molecule has 7 nitrogen and oxygen atoms in total. The Morgan fingerprint density at radius 3 is 2.33 bits per heavy atom. The molecule has 0 aromatic heterocycles. The smallest absolute Gasteiger partial charge is 0.253 e. The first-order valence-corrected chi connectivity index (χ1v) is 8.82. The second kappa shape index (κ2) is 9.09. The van der Waals surface area contributed by atoms with Gasteiger partial charge < -0.3 is 20.5 Å². The summed E-state index contributed by atoms with van der Waals surface area (Å²) in [4.78, 5) is 36.7. The number of ether oxygens (including phenoxy) is 2. The molecular formula is C19H20N2O5S. The predicted molar refractivity (Wildman–Crippen MR) is 102 cm³/mol. The van der Waals surface area contributed by atoms with Gasteiger partial charge in [-0.3, -0.25) is 14.4 Å². The maximum absolute atomic E-state index is 12.6. The first kappa shape index (κ1) is 20.3. The monoisotopic (exact) mass is 388 g/mol. The fourth-order valence-electron chi connectivity index (χ4n) is 2.21. The van der Waals surface area contributed by atoms with Crippen molar-refractivity contribution < 1.29 is 23.9 Å². The normalized spacial score (nSPS) is 11.4. The molecule has 2 aromatic rings. The van der Waals surface area contributed by atoms with E-state index in [2.05, 4.69) is 5.32 Å². The minimum absolute atomic E-state index is 0.265. The first-order chi connectivity index (χ1) is 12.9. The quantitative estimate of drug-likeness (QED) is 0.705. The number of nitrogens with one attached hydrogen (secondary N) is 1. The molecule has 2 amide bonds. The summed E-state index contributed by atoms with van der Waals surface area (Å²) in [5.74, 6) is -0.177. The van der Waals surface area contributed by atoms with E-state index in [-0.39, 0.29) is 10.7 Å². The van der Waals surface area contributed by atoms with Gasteiger partial charge in [-0.1, -0.05) is 12.1 Å². The van der Waals surface area contributed by atoms with E-state index in [0.29, 0.717) is 22.0 Å². The Labute approximate surface area is 161 Å². The zero-order valence-electron chi connectivity index (χ0n) is 15.1. The number of carbonyl (C=O) groups excluding carboxylic acids is 3. The highest BCUT2D eigenvalue weighted by molar-refractivity contribution is 8.14. The summed E-state index contributed by atoms with van der Waals surface area (Å²) in [6.07, 6.45) is 0. The molecule has 3 N–H and O–H groups in total. The van der Waals surface area contributed by atoms with Crippen molar-refractivity contribution >= 4 is 28.7 Å². The molecular weight excluding hydrogens is 368 g/mol. The van der Waals surface area contributed by atoms with Gasteiger partial charge in [0.05, 0.1) is 19.8 Å². The van der Waals surface area contributed by atoms with Crippen LogP contribution in [0.2, 0.25) is 0 Å². The van der Waals surface area contributed by atoms with E-state index in [1.807, 2.05) is 0 Å². The van der Waals surface area contributed by atoms with Crippen molar-refractivity contribution in [3.05, 3.63) is 53.6 Å². The molecule has 0 bridgehead atoms. The third-order valence-corrected chi connectivity index (χ3v) is 4.72. The van der Waals surface area contributed by atoms with E-state index >= 15 is 0 Å². The van der Waals surface area contributed by atoms with Gasteiger partial charge in [0, 0.05) is 10.5 Å². The van der Waals surface area contributed by atoms with Crippen LogP contribution in [0.25, 0.3) is 0 Å². The summed E-state index contributed by atoms with van der Waals surface area (Å²) in [7, 11) is 2.99. The second-order valence-electron chi connectivity index (χ2n) is 5.55. The van der Waals surface area contributed by atoms with Gasteiger partial charge in [0.2, 0.25) is 11.0 Å². The average molecular weight is 388 g/mol. The molecule has 2 aromatic carbocycles. The lowest BCUT2D eigenvalue weighted by Gasteiger charge is -2.13. The SMILES string of the molecule is COc1ccc(C(=O)Sc2ccccc2C(=O)N[C@H](C)C(N)=O)cc1OC. The van der Waals surface area contributed by atoms with Crippen LogP contribution in [0, 0.1) is 0 Å². The zero-order chi connectivity index (χ0) is 20.0. The van der Waals surface area contributed by atoms with Gasteiger partial charge in [-0.05, 0) is 49.0 Å². The Morgan fingerprint density at radius 1 is 1.04 bits per heavy atom. The molecule has 0 heterocycles. The Morgan fingerprint density at radius 2 is 1.70 bits per heavy atom. The molecule has 0 aliphatic carbocycles. The van der Waals surface area contributed by atoms with Crippen molar-refractivity contribution in [1.29, 1.82) is 0 Å². The van der Waals surface area contributed by atoms with Gasteiger partial charge >= 0.3 is 0 Å². The van der Waals surface area contributed by atoms with E-state index in [1.165, 1.54) is 21.1 Å². The number of methoxy groups -OCH3 is 2. The number of benzene rings is 2. The lowest BCUT2D eigenvalue weighted by molar-refractivity contribution is -0.119. The van der Waals surface area contributed by atoms with Crippen molar-refractivity contribution in [2.75, 3.05) is 14.2 Å². The molecule has 1 atom stereocenters. The zero-order valence-corrected chi connectivity index (χ0v) is 16.0. The van der Waals surface area contributed by atoms with Crippen LogP contribution in [0.1, 0.15) is 27.6 Å². The van der Waals surface area contributed by atoms with Gasteiger partial charge in [0.1, 0.15) is 6.04 Å². The van der Waals surface area contributed by atoms with Crippen LogP contribution in [0.5, 0.6) is 11.5 Å². The van der Waals surface area contributed by atoms with Crippen LogP contribution in [-0.2, 0) is 4.79 Å². The highest BCUT2D eigenvalue weighted by atomic mass is 32.2. The van der Waals surface area contributed by atoms with Gasteiger partial charge in [-0.2, -0.15) is 0 Å². The van der Waals surface area contributed by atoms with Crippen molar-refractivity contribution in [2.45, 2.75) is 17.9 Å². The molecule has 0 saturated carbocycles. The molecule has 0 fully saturated rings. The van der Waals surface area contributed by atoms with Gasteiger partial charge in [-0.15, -0.1) is 0 Å². The number of amides is 2. The Balaban J connectivity index is 2.24. The number of carbonyl (C=O) groups is 3. The van der Waals surface area contributed by atoms with Gasteiger partial charge in [0.15, 0.2) is 11.5 Å². The fourth-order valence-corrected chi connectivity index (χ4v) is 3.07. The topological polar surface area (TPSA) is 108 Å². The summed E-state index contributed by atoms with van der Waals surface area (Å²) in [6.45, 7) is 1.49. The van der Waals surface area contributed by atoms with Gasteiger partial charge in [0.25, 0.3) is 5.91 Å². The summed E-state index contributed by atoms with van der Waals surface area (Å²) < 4.78 is 10.4. The molecule has 8 heteroatoms. The fraction of sp³-hybridized carbons (Fsp3) is 0.211. The third kappa shape index (κ3) is 5.01. The number of thioether (sulfide) groups is 1. The van der Waals surface area contributed by atoms with Crippen molar-refractivity contribution in [3.8, 4) is 11.5 Å². The Hall–Kier alpha value is -3.00. The van der Waals surface area contributed by atoms with Gasteiger partial charge in [-0.25, -0.2) is 0 Å². The summed E-state index contributed by atoms with van der Waals surface area (Å²) in [5, 5.41) is 2.24. The van der Waals surface area contributed by atoms with Crippen LogP contribution in [0.4, 0.5) is 0 Å². The lowest BCUT2D eigenvalue weighted by Crippen LogP contribution is -2.42. The minimum Gasteiger partial charge on any atom is -0.493 e. The highest BCUT2D eigenvalue weighted by Crippen LogP contribution is 2.32. The number of rotatable bonds is 7. The van der Waals surface area contributed by atoms with Crippen molar-refractivity contribution in [3.63, 3.8) is 0 Å². The summed E-state index contributed by atoms with van der Waals surface area (Å²) in [5.41, 5.74) is 5.86. The average Bonchev–Trinajstić information content (AvgIpc) is 2.67. The third-order valence-electron chi connectivity index (χ3n) is 3.73. The van der Waals surface area contributed by atoms with E-state index in [0.717, 1.165) is 11.8 Å². The van der Waals surface area contributed by atoms with E-state index in [1.54, 1.807) is 42.5 Å². The second-order valence-corrected chi connectivity index (χ2v) is 6.57. The molecule has 0 radical (unpaired) electrons. The van der Waals surface area contributed by atoms with Crippen molar-refractivity contribution in [2.24, 2.45) is 5.73 Å². The predicted octanol–water partition coefficient (Wildman–Crippen LogP) is 2.24. The molecule has 0 unspecified atom stereocenters. The number of hydrogen-bond acceptors (Lipinski definition) is 6. The van der Waals surface area contributed by atoms with Crippen LogP contribution in [0.15, 0.2) is 47.4 Å². The largest absolute Gasteiger partial charge is 0.493 e. The molecule has 0 saturated heterocycles. The molecule has 0 aliphatic rings. The molecule has 142 valence electrons. The summed E-state index contributed by atoms with van der Waals surface area (Å²) in [6, 6.07) is 10.6. The number of hydrogen-bond donors (Lipinski definition) is 2. The maximum atomic E-state index is 12.6. The maximum Gasteiger partial charge on any atom is 0.253 e. The van der Waals surface area contributed by atoms with E-state index < -0.39 is 17.9 Å². The van der Waals surface area contributed by atoms with Crippen LogP contribution >= 0.6 is 11.8 Å². The molecule has 27 heavy (non-hydrogen) atoms. The lowest BCUT2D eigenvalue weighted by atomic mass is 10.2. The van der Waals surface area contributed by atoms with Crippen LogP contribution in [-0.4, -0.2) is 37.2 Å². The van der Waals surface area contributed by atoms with Crippen molar-refractivity contribution in [1.82, 2.24) is 5.32 Å². The van der Waals surface area contributed by atoms with Crippen LogP contribution in [0.3, 0.4) is 0 Å². The highest BCUT2D eigenvalue weighted by Gasteiger charge is 2.19.